The lowest BCUT2D eigenvalue weighted by molar-refractivity contribution is -0.134. The Balaban J connectivity index is 1.80. The number of hydrogen-bond donors (Lipinski definition) is 0. The van der Waals surface area contributed by atoms with E-state index in [4.69, 9.17) is 9.26 Å². The molecule has 0 radical (unpaired) electrons. The molecule has 1 aromatic carbocycles. The van der Waals surface area contributed by atoms with Gasteiger partial charge in [-0.05, 0) is 30.4 Å². The number of aromatic nitrogens is 2. The number of rotatable bonds is 4. The minimum absolute atomic E-state index is 0.0369. The van der Waals surface area contributed by atoms with Crippen LogP contribution in [0.25, 0.3) is 11.4 Å². The normalized spacial score (nSPS) is 17.8. The van der Waals surface area contributed by atoms with E-state index in [0.717, 1.165) is 30.7 Å². The third-order valence-corrected chi connectivity index (χ3v) is 4.31. The largest absolute Gasteiger partial charge is 0.497 e. The molecule has 6 heteroatoms. The van der Waals surface area contributed by atoms with E-state index in [-0.39, 0.29) is 17.4 Å². The molecule has 0 spiro atoms. The van der Waals surface area contributed by atoms with Crippen LogP contribution in [0.4, 0.5) is 0 Å². The van der Waals surface area contributed by atoms with Gasteiger partial charge in [-0.15, -0.1) is 0 Å². The van der Waals surface area contributed by atoms with Crippen LogP contribution >= 0.6 is 0 Å². The summed E-state index contributed by atoms with van der Waals surface area (Å²) in [4.78, 5) is 19.0. The van der Waals surface area contributed by atoms with Gasteiger partial charge in [0.05, 0.1) is 7.11 Å². The zero-order valence-electron chi connectivity index (χ0n) is 15.3. The molecule has 0 N–H and O–H groups in total. The monoisotopic (exact) mass is 343 g/mol. The maximum atomic E-state index is 12.6. The average molecular weight is 343 g/mol. The summed E-state index contributed by atoms with van der Waals surface area (Å²) in [6, 6.07) is 7.41. The molecule has 1 amide bonds. The molecule has 134 valence electrons. The number of carbonyl (C=O) groups is 1. The highest BCUT2D eigenvalue weighted by Crippen LogP contribution is 2.34. The van der Waals surface area contributed by atoms with Gasteiger partial charge in [-0.2, -0.15) is 4.98 Å². The number of ether oxygens (including phenoxy) is 1. The maximum absolute atomic E-state index is 12.6. The molecule has 1 aliphatic heterocycles. The van der Waals surface area contributed by atoms with Crippen molar-refractivity contribution in [2.75, 3.05) is 13.7 Å². The molecule has 0 unspecified atom stereocenters. The predicted molar refractivity (Wildman–Crippen MR) is 94.0 cm³/mol. The molecular formula is C19H25N3O3. The van der Waals surface area contributed by atoms with Crippen LogP contribution in [0.15, 0.2) is 28.8 Å². The molecule has 0 bridgehead atoms. The van der Waals surface area contributed by atoms with Crippen LogP contribution in [0.5, 0.6) is 5.75 Å². The number of likely N-dealkylation sites (tertiary alicyclic amines) is 1. The van der Waals surface area contributed by atoms with Gasteiger partial charge in [0.2, 0.25) is 17.6 Å². The van der Waals surface area contributed by atoms with Crippen LogP contribution in [0.1, 0.15) is 52.0 Å². The molecule has 0 saturated carbocycles. The van der Waals surface area contributed by atoms with Gasteiger partial charge in [0.15, 0.2) is 0 Å². The maximum Gasteiger partial charge on any atom is 0.249 e. The van der Waals surface area contributed by atoms with Gasteiger partial charge >= 0.3 is 0 Å². The lowest BCUT2D eigenvalue weighted by Gasteiger charge is -2.26. The SMILES string of the molecule is COc1cccc(-c2noc([C@@H]3CCCN3C(=O)CC(C)(C)C)n2)c1. The topological polar surface area (TPSA) is 68.5 Å². The van der Waals surface area contributed by atoms with Crippen LogP contribution in [-0.2, 0) is 4.79 Å². The van der Waals surface area contributed by atoms with Crippen molar-refractivity contribution in [2.24, 2.45) is 5.41 Å². The summed E-state index contributed by atoms with van der Waals surface area (Å²) in [7, 11) is 1.62. The molecule has 1 aromatic heterocycles. The van der Waals surface area contributed by atoms with Crippen molar-refractivity contribution in [3.63, 3.8) is 0 Å². The number of carbonyl (C=O) groups excluding carboxylic acids is 1. The van der Waals surface area contributed by atoms with E-state index in [1.807, 2.05) is 29.2 Å². The van der Waals surface area contributed by atoms with Gasteiger partial charge < -0.3 is 14.2 Å². The quantitative estimate of drug-likeness (QED) is 0.843. The van der Waals surface area contributed by atoms with Crippen LogP contribution in [0.2, 0.25) is 0 Å². The minimum atomic E-state index is -0.123. The number of methoxy groups -OCH3 is 1. The predicted octanol–water partition coefficient (Wildman–Crippen LogP) is 3.84. The van der Waals surface area contributed by atoms with E-state index in [0.29, 0.717) is 18.1 Å². The number of benzene rings is 1. The lowest BCUT2D eigenvalue weighted by Crippen LogP contribution is -2.33. The Morgan fingerprint density at radius 1 is 1.40 bits per heavy atom. The van der Waals surface area contributed by atoms with E-state index >= 15 is 0 Å². The number of hydrogen-bond acceptors (Lipinski definition) is 5. The highest BCUT2D eigenvalue weighted by molar-refractivity contribution is 5.77. The molecule has 1 fully saturated rings. The Bertz CT molecular complexity index is 748. The smallest absolute Gasteiger partial charge is 0.249 e. The molecule has 25 heavy (non-hydrogen) atoms. The molecule has 0 aliphatic carbocycles. The molecule has 1 atom stereocenters. The zero-order valence-corrected chi connectivity index (χ0v) is 15.3. The van der Waals surface area contributed by atoms with Gasteiger partial charge in [0, 0.05) is 18.5 Å². The highest BCUT2D eigenvalue weighted by atomic mass is 16.5. The Kier molecular flexibility index (Phi) is 4.79. The van der Waals surface area contributed by atoms with Crippen molar-refractivity contribution >= 4 is 5.91 Å². The van der Waals surface area contributed by atoms with Crippen molar-refractivity contribution in [3.05, 3.63) is 30.2 Å². The second-order valence-corrected chi connectivity index (χ2v) is 7.67. The molecule has 6 nitrogen and oxygen atoms in total. The second-order valence-electron chi connectivity index (χ2n) is 7.67. The Labute approximate surface area is 148 Å². The van der Waals surface area contributed by atoms with Crippen molar-refractivity contribution in [1.29, 1.82) is 0 Å². The number of nitrogens with zero attached hydrogens (tertiary/aromatic N) is 3. The Hall–Kier alpha value is -2.37. The Morgan fingerprint density at radius 2 is 2.20 bits per heavy atom. The van der Waals surface area contributed by atoms with Gasteiger partial charge in [-0.3, -0.25) is 4.79 Å². The Morgan fingerprint density at radius 3 is 2.92 bits per heavy atom. The molecular weight excluding hydrogens is 318 g/mol. The van der Waals surface area contributed by atoms with E-state index in [1.54, 1.807) is 7.11 Å². The van der Waals surface area contributed by atoms with Crippen LogP contribution < -0.4 is 4.74 Å². The third-order valence-electron chi connectivity index (χ3n) is 4.31. The van der Waals surface area contributed by atoms with Crippen molar-refractivity contribution in [1.82, 2.24) is 15.0 Å². The highest BCUT2D eigenvalue weighted by Gasteiger charge is 2.35. The number of amides is 1. The van der Waals surface area contributed by atoms with Gasteiger partial charge in [0.1, 0.15) is 11.8 Å². The molecule has 2 aromatic rings. The summed E-state index contributed by atoms with van der Waals surface area (Å²) in [5.41, 5.74) is 0.796. The summed E-state index contributed by atoms with van der Waals surface area (Å²) in [6.45, 7) is 6.97. The average Bonchev–Trinajstić information content (AvgIpc) is 3.22. The summed E-state index contributed by atoms with van der Waals surface area (Å²) in [6.07, 6.45) is 2.33. The first-order chi connectivity index (χ1) is 11.9. The second kappa shape index (κ2) is 6.86. The van der Waals surface area contributed by atoms with Gasteiger partial charge in [0.25, 0.3) is 0 Å². The van der Waals surface area contributed by atoms with E-state index in [2.05, 4.69) is 30.9 Å². The molecule has 1 saturated heterocycles. The third kappa shape index (κ3) is 4.00. The fourth-order valence-corrected chi connectivity index (χ4v) is 3.13. The van der Waals surface area contributed by atoms with Crippen LogP contribution in [-0.4, -0.2) is 34.6 Å². The van der Waals surface area contributed by atoms with Gasteiger partial charge in [-0.25, -0.2) is 0 Å². The zero-order chi connectivity index (χ0) is 18.0. The summed E-state index contributed by atoms with van der Waals surface area (Å²) < 4.78 is 10.7. The fourth-order valence-electron chi connectivity index (χ4n) is 3.13. The molecule has 3 rings (SSSR count). The summed E-state index contributed by atoms with van der Waals surface area (Å²) in [5, 5.41) is 4.10. The molecule has 1 aliphatic rings. The van der Waals surface area contributed by atoms with E-state index in [9.17, 15) is 4.79 Å². The minimum Gasteiger partial charge on any atom is -0.497 e. The summed E-state index contributed by atoms with van der Waals surface area (Å²) in [5.74, 6) is 1.92. The summed E-state index contributed by atoms with van der Waals surface area (Å²) >= 11 is 0. The standard InChI is InChI=1S/C19H25N3O3/c1-19(2,3)12-16(23)22-10-6-9-15(22)18-20-17(21-25-18)13-7-5-8-14(11-13)24-4/h5,7-8,11,15H,6,9-10,12H2,1-4H3/t15-/m0/s1. The van der Waals surface area contributed by atoms with Crippen molar-refractivity contribution in [3.8, 4) is 17.1 Å². The lowest BCUT2D eigenvalue weighted by atomic mass is 9.91. The first-order valence-corrected chi connectivity index (χ1v) is 8.65. The van der Waals surface area contributed by atoms with Crippen molar-refractivity contribution < 1.29 is 14.1 Å². The molecule has 2 heterocycles. The first kappa shape index (κ1) is 17.5. The first-order valence-electron chi connectivity index (χ1n) is 8.65. The van der Waals surface area contributed by atoms with Crippen LogP contribution in [0, 0.1) is 5.41 Å². The van der Waals surface area contributed by atoms with E-state index in [1.165, 1.54) is 0 Å². The fraction of sp³-hybridized carbons (Fsp3) is 0.526. The van der Waals surface area contributed by atoms with Gasteiger partial charge in [-0.1, -0.05) is 38.1 Å². The van der Waals surface area contributed by atoms with Crippen LogP contribution in [0.3, 0.4) is 0 Å². The van der Waals surface area contributed by atoms with E-state index < -0.39 is 0 Å². The van der Waals surface area contributed by atoms with Crippen molar-refractivity contribution in [2.45, 2.75) is 46.1 Å².